The number of nitrogens with zero attached hydrogens (tertiary/aromatic N) is 5. The Balaban J connectivity index is 1.04. The number of fused-ring (bicyclic) bond motifs is 1. The SMILES string of the molecule is COC(=O)c1ccc(S(=O)(=O)Nc2ccc(Oc3ccc4cc(C(=O)N5CCN(Cc6ccc(OCC(F)(F)F)cc6)CC5)n(C)c4c3)nc2)n1C. The Morgan fingerprint density at radius 1 is 0.865 bits per heavy atom. The first kappa shape index (κ1) is 36.2. The molecule has 0 saturated carbocycles. The van der Waals surface area contributed by atoms with E-state index in [4.69, 9.17) is 9.47 Å². The van der Waals surface area contributed by atoms with Crippen LogP contribution in [-0.4, -0.2) is 90.3 Å². The Kier molecular flexibility index (Phi) is 10.2. The van der Waals surface area contributed by atoms with Gasteiger partial charge in [-0.1, -0.05) is 12.1 Å². The van der Waals surface area contributed by atoms with Gasteiger partial charge in [-0.15, -0.1) is 0 Å². The van der Waals surface area contributed by atoms with E-state index in [1.54, 1.807) is 40.8 Å². The van der Waals surface area contributed by atoms with Crippen molar-refractivity contribution in [3.63, 3.8) is 0 Å². The van der Waals surface area contributed by atoms with E-state index in [1.807, 2.05) is 12.1 Å². The van der Waals surface area contributed by atoms with Crippen LogP contribution in [0.15, 0.2) is 84.0 Å². The number of halogens is 3. The van der Waals surface area contributed by atoms with Crippen LogP contribution < -0.4 is 14.2 Å². The summed E-state index contributed by atoms with van der Waals surface area (Å²) >= 11 is 0. The number of alkyl halides is 3. The lowest BCUT2D eigenvalue weighted by molar-refractivity contribution is -0.153. The molecule has 52 heavy (non-hydrogen) atoms. The number of esters is 1. The second-order valence-electron chi connectivity index (χ2n) is 12.1. The minimum absolute atomic E-state index is 0.0814. The van der Waals surface area contributed by atoms with E-state index in [0.717, 1.165) is 16.5 Å². The van der Waals surface area contributed by atoms with Gasteiger partial charge in [0.1, 0.15) is 22.9 Å². The summed E-state index contributed by atoms with van der Waals surface area (Å²) in [7, 11) is 0.412. The van der Waals surface area contributed by atoms with Crippen LogP contribution in [0.25, 0.3) is 10.9 Å². The van der Waals surface area contributed by atoms with Crippen molar-refractivity contribution >= 4 is 38.5 Å². The van der Waals surface area contributed by atoms with Crippen molar-refractivity contribution in [2.45, 2.75) is 17.7 Å². The van der Waals surface area contributed by atoms with Crippen LogP contribution in [0.5, 0.6) is 17.4 Å². The molecular formula is C35H35F3N6O7S. The third-order valence-corrected chi connectivity index (χ3v) is 10.0. The van der Waals surface area contributed by atoms with Gasteiger partial charge in [0.2, 0.25) is 5.88 Å². The molecule has 0 unspecified atom stereocenters. The molecule has 6 rings (SSSR count). The first-order valence-electron chi connectivity index (χ1n) is 16.0. The van der Waals surface area contributed by atoms with Gasteiger partial charge in [0.25, 0.3) is 15.9 Å². The predicted octanol–water partition coefficient (Wildman–Crippen LogP) is 5.19. The van der Waals surface area contributed by atoms with Crippen molar-refractivity contribution in [2.75, 3.05) is 44.6 Å². The fraction of sp³-hybridized carbons (Fsp3) is 0.286. The highest BCUT2D eigenvalue weighted by molar-refractivity contribution is 7.92. The zero-order chi connectivity index (χ0) is 37.2. The summed E-state index contributed by atoms with van der Waals surface area (Å²) < 4.78 is 84.0. The summed E-state index contributed by atoms with van der Waals surface area (Å²) in [5, 5.41) is 0.709. The molecule has 3 aromatic heterocycles. The predicted molar refractivity (Wildman–Crippen MR) is 184 cm³/mol. The van der Waals surface area contributed by atoms with E-state index in [0.29, 0.717) is 44.2 Å². The molecule has 1 aliphatic rings. The summed E-state index contributed by atoms with van der Waals surface area (Å²) in [5.74, 6) is 0.0534. The van der Waals surface area contributed by atoms with Gasteiger partial charge in [0.15, 0.2) is 11.6 Å². The molecule has 1 saturated heterocycles. The fourth-order valence-corrected chi connectivity index (χ4v) is 7.11. The second kappa shape index (κ2) is 14.6. The number of carbonyl (C=O) groups excluding carboxylic acids is 2. The Bertz CT molecular complexity index is 2190. The van der Waals surface area contributed by atoms with E-state index in [1.165, 1.54) is 61.3 Å². The highest BCUT2D eigenvalue weighted by atomic mass is 32.2. The number of methoxy groups -OCH3 is 1. The van der Waals surface area contributed by atoms with Crippen molar-refractivity contribution in [3.8, 4) is 17.4 Å². The molecule has 0 spiro atoms. The topological polar surface area (TPSA) is 137 Å². The Hall–Kier alpha value is -5.55. The number of piperazine rings is 1. The molecule has 0 aliphatic carbocycles. The molecule has 1 fully saturated rings. The molecule has 17 heteroatoms. The number of amides is 1. The van der Waals surface area contributed by atoms with Crippen molar-refractivity contribution in [1.82, 2.24) is 23.9 Å². The average molecular weight is 741 g/mol. The summed E-state index contributed by atoms with van der Waals surface area (Å²) in [6, 6.07) is 19.4. The number of aryl methyl sites for hydroxylation is 1. The largest absolute Gasteiger partial charge is 0.484 e. The number of rotatable bonds is 11. The first-order valence-corrected chi connectivity index (χ1v) is 17.5. The minimum Gasteiger partial charge on any atom is -0.484 e. The number of pyridine rings is 1. The number of benzene rings is 2. The number of anilines is 1. The maximum absolute atomic E-state index is 13.6. The van der Waals surface area contributed by atoms with Gasteiger partial charge in [0, 0.05) is 64.3 Å². The molecule has 5 aromatic rings. The molecule has 0 radical (unpaired) electrons. The van der Waals surface area contributed by atoms with Gasteiger partial charge in [0.05, 0.1) is 24.5 Å². The van der Waals surface area contributed by atoms with Crippen LogP contribution in [0, 0.1) is 0 Å². The monoisotopic (exact) mass is 740 g/mol. The number of ether oxygens (including phenoxy) is 3. The van der Waals surface area contributed by atoms with Gasteiger partial charge >= 0.3 is 12.1 Å². The molecule has 0 bridgehead atoms. The molecule has 1 N–H and O–H groups in total. The average Bonchev–Trinajstić information content (AvgIpc) is 3.67. The van der Waals surface area contributed by atoms with E-state index < -0.39 is 28.8 Å². The van der Waals surface area contributed by atoms with Crippen LogP contribution in [0.4, 0.5) is 18.9 Å². The van der Waals surface area contributed by atoms with E-state index in [2.05, 4.69) is 19.3 Å². The van der Waals surface area contributed by atoms with Crippen LogP contribution in [0.3, 0.4) is 0 Å². The van der Waals surface area contributed by atoms with Gasteiger partial charge in [-0.3, -0.25) is 14.4 Å². The number of carbonyl (C=O) groups is 2. The lowest BCUT2D eigenvalue weighted by Gasteiger charge is -2.34. The van der Waals surface area contributed by atoms with Crippen LogP contribution in [0.1, 0.15) is 26.5 Å². The van der Waals surface area contributed by atoms with E-state index in [9.17, 15) is 31.2 Å². The maximum atomic E-state index is 13.6. The first-order chi connectivity index (χ1) is 24.7. The number of aromatic nitrogens is 3. The van der Waals surface area contributed by atoms with Crippen molar-refractivity contribution < 1.29 is 45.4 Å². The van der Waals surface area contributed by atoms with Gasteiger partial charge in [-0.25, -0.2) is 9.78 Å². The Labute approximate surface area is 297 Å². The highest BCUT2D eigenvalue weighted by Crippen LogP contribution is 2.29. The second-order valence-corrected chi connectivity index (χ2v) is 13.8. The standard InChI is InChI=1S/C35H35F3N6O7S/c1-41-29-19-27(51-31-12-7-25(20-39-31)40-52(47,48)32-13-11-28(42(32)2)34(46)49-3)10-6-24(29)18-30(41)33(45)44-16-14-43(15-17-44)21-23-4-8-26(9-5-23)50-22-35(36,37)38/h4-13,18-20,40H,14-17,21-22H2,1-3H3. The molecule has 1 amide bonds. The number of nitrogens with one attached hydrogen (secondary N) is 1. The Morgan fingerprint density at radius 3 is 2.23 bits per heavy atom. The molecule has 4 heterocycles. The number of hydrogen-bond donors (Lipinski definition) is 1. The Morgan fingerprint density at radius 2 is 1.58 bits per heavy atom. The molecule has 1 aliphatic heterocycles. The van der Waals surface area contributed by atoms with E-state index in [-0.39, 0.29) is 33.9 Å². The fourth-order valence-electron chi connectivity index (χ4n) is 5.87. The van der Waals surface area contributed by atoms with Gasteiger partial charge in [-0.05, 0) is 54.1 Å². The zero-order valence-electron chi connectivity index (χ0n) is 28.4. The zero-order valence-corrected chi connectivity index (χ0v) is 29.2. The molecular weight excluding hydrogens is 705 g/mol. The number of sulfonamides is 1. The molecule has 0 atom stereocenters. The summed E-state index contributed by atoms with van der Waals surface area (Å²) in [5.41, 5.74) is 2.48. The summed E-state index contributed by atoms with van der Waals surface area (Å²) in [4.78, 5) is 33.6. The van der Waals surface area contributed by atoms with Gasteiger partial charge < -0.3 is 28.2 Å². The normalized spacial score (nSPS) is 14.0. The third kappa shape index (κ3) is 8.15. The molecule has 2 aromatic carbocycles. The summed E-state index contributed by atoms with van der Waals surface area (Å²) in [6.45, 7) is 1.55. The van der Waals surface area contributed by atoms with Crippen molar-refractivity contribution in [2.24, 2.45) is 14.1 Å². The smallest absolute Gasteiger partial charge is 0.422 e. The minimum atomic E-state index is -4.40. The van der Waals surface area contributed by atoms with Crippen molar-refractivity contribution in [1.29, 1.82) is 0 Å². The maximum Gasteiger partial charge on any atom is 0.422 e. The molecule has 274 valence electrons. The van der Waals surface area contributed by atoms with Gasteiger partial charge in [-0.2, -0.15) is 21.6 Å². The lowest BCUT2D eigenvalue weighted by Crippen LogP contribution is -2.48. The van der Waals surface area contributed by atoms with Crippen LogP contribution >= 0.6 is 0 Å². The van der Waals surface area contributed by atoms with E-state index >= 15 is 0 Å². The van der Waals surface area contributed by atoms with Crippen LogP contribution in [-0.2, 0) is 35.4 Å². The third-order valence-electron chi connectivity index (χ3n) is 8.58. The van der Waals surface area contributed by atoms with Crippen molar-refractivity contribution in [3.05, 3.63) is 95.9 Å². The number of hydrogen-bond acceptors (Lipinski definition) is 9. The lowest BCUT2D eigenvalue weighted by atomic mass is 10.2. The molecule has 13 nitrogen and oxygen atoms in total. The van der Waals surface area contributed by atoms with Crippen LogP contribution in [0.2, 0.25) is 0 Å². The quantitative estimate of drug-likeness (QED) is 0.182. The highest BCUT2D eigenvalue weighted by Gasteiger charge is 2.29. The summed E-state index contributed by atoms with van der Waals surface area (Å²) in [6.07, 6.45) is -3.09.